The molecule has 1 aromatic carbocycles. The van der Waals surface area contributed by atoms with Gasteiger partial charge in [-0.1, -0.05) is 29.8 Å². The van der Waals surface area contributed by atoms with Crippen LogP contribution in [0.1, 0.15) is 17.5 Å². The van der Waals surface area contributed by atoms with Crippen LogP contribution in [0.4, 0.5) is 0 Å². The average Bonchev–Trinajstić information content (AvgIpc) is 2.32. The normalized spacial score (nSPS) is 15.6. The van der Waals surface area contributed by atoms with E-state index in [0.29, 0.717) is 11.3 Å². The molecular formula is C13H11NO4. The quantitative estimate of drug-likeness (QED) is 0.828. The molecule has 2 N–H and O–H groups in total. The maximum atomic E-state index is 11.5. The van der Waals surface area contributed by atoms with E-state index >= 15 is 0 Å². The number of carboxylic acids is 1. The molecule has 0 aromatic heterocycles. The number of hydrogen-bond acceptors (Lipinski definition) is 4. The molecule has 0 fully saturated rings. The highest BCUT2D eigenvalue weighted by Crippen LogP contribution is 2.19. The molecule has 1 aliphatic heterocycles. The Morgan fingerprint density at radius 2 is 2.11 bits per heavy atom. The first-order valence-electron chi connectivity index (χ1n) is 5.33. The molecule has 1 heterocycles. The van der Waals surface area contributed by atoms with Crippen molar-refractivity contribution in [3.63, 3.8) is 0 Å². The van der Waals surface area contributed by atoms with Crippen LogP contribution in [0.3, 0.4) is 0 Å². The zero-order valence-corrected chi connectivity index (χ0v) is 9.67. The third kappa shape index (κ3) is 2.15. The first-order chi connectivity index (χ1) is 8.49. The minimum atomic E-state index is -1.41. The second kappa shape index (κ2) is 4.44. The highest BCUT2D eigenvalue weighted by molar-refractivity contribution is 6.20. The Kier molecular flexibility index (Phi) is 2.97. The summed E-state index contributed by atoms with van der Waals surface area (Å²) in [5, 5.41) is 18.2. The first-order valence-corrected chi connectivity index (χ1v) is 5.33. The number of aryl methyl sites for hydroxylation is 1. The fourth-order valence-electron chi connectivity index (χ4n) is 1.74. The molecule has 1 aliphatic rings. The average molecular weight is 245 g/mol. The number of hydrogen-bond donors (Lipinski definition) is 2. The molecule has 0 radical (unpaired) electrons. The van der Waals surface area contributed by atoms with Gasteiger partial charge in [0, 0.05) is 0 Å². The van der Waals surface area contributed by atoms with Crippen molar-refractivity contribution >= 4 is 17.5 Å². The molecule has 0 spiro atoms. The number of aliphatic carboxylic acids is 1. The summed E-state index contributed by atoms with van der Waals surface area (Å²) in [7, 11) is 0. The van der Waals surface area contributed by atoms with Crippen molar-refractivity contribution in [2.45, 2.75) is 13.3 Å². The van der Waals surface area contributed by atoms with E-state index < -0.39 is 23.2 Å². The number of benzene rings is 1. The van der Waals surface area contributed by atoms with Crippen LogP contribution < -0.4 is 0 Å². The number of ketones is 1. The van der Waals surface area contributed by atoms with Gasteiger partial charge in [-0.2, -0.15) is 0 Å². The van der Waals surface area contributed by atoms with E-state index in [1.54, 1.807) is 12.1 Å². The van der Waals surface area contributed by atoms with Crippen LogP contribution in [0.5, 0.6) is 0 Å². The summed E-state index contributed by atoms with van der Waals surface area (Å²) in [5.74, 6) is -2.82. The van der Waals surface area contributed by atoms with E-state index in [4.69, 9.17) is 5.11 Å². The molecule has 0 amide bonds. The van der Waals surface area contributed by atoms with E-state index in [0.717, 1.165) is 5.56 Å². The molecule has 1 aromatic rings. The summed E-state index contributed by atoms with van der Waals surface area (Å²) in [6.45, 7) is 1.89. The number of aliphatic imine (C=N–C) groups is 1. The van der Waals surface area contributed by atoms with Gasteiger partial charge in [-0.05, 0) is 12.5 Å². The number of nitrogens with zero attached hydrogens (tertiary/aromatic N) is 1. The molecule has 5 heteroatoms. The van der Waals surface area contributed by atoms with Crippen LogP contribution in [-0.2, 0) is 9.59 Å². The number of carbonyl (C=O) groups is 2. The fraction of sp³-hybridized carbons (Fsp3) is 0.154. The van der Waals surface area contributed by atoms with E-state index in [1.807, 2.05) is 19.1 Å². The van der Waals surface area contributed by atoms with Crippen molar-refractivity contribution in [1.82, 2.24) is 0 Å². The van der Waals surface area contributed by atoms with Crippen LogP contribution in [0, 0.1) is 6.92 Å². The van der Waals surface area contributed by atoms with Gasteiger partial charge in [-0.25, -0.2) is 9.79 Å². The van der Waals surface area contributed by atoms with Crippen molar-refractivity contribution in [3.8, 4) is 0 Å². The van der Waals surface area contributed by atoms with Gasteiger partial charge in [0.2, 0.25) is 5.78 Å². The maximum absolute atomic E-state index is 11.5. The lowest BCUT2D eigenvalue weighted by Gasteiger charge is -2.13. The first kappa shape index (κ1) is 12.0. The van der Waals surface area contributed by atoms with Crippen molar-refractivity contribution in [2.75, 3.05) is 0 Å². The summed E-state index contributed by atoms with van der Waals surface area (Å²) >= 11 is 0. The third-order valence-electron chi connectivity index (χ3n) is 2.62. The molecule has 0 bridgehead atoms. The Morgan fingerprint density at radius 1 is 1.39 bits per heavy atom. The Hall–Kier alpha value is -2.43. The van der Waals surface area contributed by atoms with Crippen LogP contribution in [-0.4, -0.2) is 27.7 Å². The van der Waals surface area contributed by atoms with Gasteiger partial charge in [0.1, 0.15) is 0 Å². The molecule has 5 nitrogen and oxygen atoms in total. The van der Waals surface area contributed by atoms with Gasteiger partial charge in [0.25, 0.3) is 0 Å². The number of aliphatic hydroxyl groups excluding tert-OH is 1. The number of carbonyl (C=O) groups excluding carboxylic acids is 1. The standard InChI is InChI=1S/C13H11NO4/c1-7-3-2-4-8(5-7)9-6-10(15)12(16)11(14-9)13(17)18/h2-5,16H,6H2,1H3,(H,17,18). The van der Waals surface area contributed by atoms with Gasteiger partial charge >= 0.3 is 5.97 Å². The van der Waals surface area contributed by atoms with E-state index in [-0.39, 0.29) is 6.42 Å². The van der Waals surface area contributed by atoms with Crippen molar-refractivity contribution in [2.24, 2.45) is 4.99 Å². The topological polar surface area (TPSA) is 87.0 Å². The second-order valence-corrected chi connectivity index (χ2v) is 4.03. The van der Waals surface area contributed by atoms with Gasteiger partial charge in [0.05, 0.1) is 12.1 Å². The SMILES string of the molecule is Cc1cccc(C2=NC(C(=O)O)=C(O)C(=O)C2)c1. The monoisotopic (exact) mass is 245 g/mol. The van der Waals surface area contributed by atoms with Crippen molar-refractivity contribution < 1.29 is 19.8 Å². The molecule has 92 valence electrons. The smallest absolute Gasteiger partial charge is 0.358 e. The van der Waals surface area contributed by atoms with E-state index in [1.165, 1.54) is 0 Å². The van der Waals surface area contributed by atoms with Gasteiger partial charge < -0.3 is 10.2 Å². The van der Waals surface area contributed by atoms with Crippen molar-refractivity contribution in [1.29, 1.82) is 0 Å². The number of rotatable bonds is 2. The zero-order chi connectivity index (χ0) is 13.3. The van der Waals surface area contributed by atoms with Crippen LogP contribution in [0.15, 0.2) is 40.7 Å². The summed E-state index contributed by atoms with van der Waals surface area (Å²) in [4.78, 5) is 26.3. The number of Topliss-reactive ketones (excluding diaryl/α,β-unsaturated/α-hetero) is 1. The molecule has 0 unspecified atom stereocenters. The molecular weight excluding hydrogens is 234 g/mol. The lowest BCUT2D eigenvalue weighted by atomic mass is 9.99. The third-order valence-corrected chi connectivity index (χ3v) is 2.62. The molecule has 18 heavy (non-hydrogen) atoms. The van der Waals surface area contributed by atoms with Gasteiger partial charge in [-0.15, -0.1) is 0 Å². The minimum Gasteiger partial charge on any atom is -0.503 e. The lowest BCUT2D eigenvalue weighted by Crippen LogP contribution is -2.21. The summed E-state index contributed by atoms with van der Waals surface area (Å²) in [6.07, 6.45) is -0.0912. The molecule has 0 saturated heterocycles. The largest absolute Gasteiger partial charge is 0.503 e. The fourth-order valence-corrected chi connectivity index (χ4v) is 1.74. The summed E-state index contributed by atoms with van der Waals surface area (Å²) in [6, 6.07) is 7.26. The molecule has 0 saturated carbocycles. The summed E-state index contributed by atoms with van der Waals surface area (Å²) < 4.78 is 0. The second-order valence-electron chi connectivity index (χ2n) is 4.03. The predicted octanol–water partition coefficient (Wildman–Crippen LogP) is 1.61. The zero-order valence-electron chi connectivity index (χ0n) is 9.67. The Labute approximate surface area is 103 Å². The highest BCUT2D eigenvalue weighted by atomic mass is 16.4. The maximum Gasteiger partial charge on any atom is 0.358 e. The van der Waals surface area contributed by atoms with Crippen LogP contribution >= 0.6 is 0 Å². The molecule has 0 atom stereocenters. The predicted molar refractivity (Wildman–Crippen MR) is 64.6 cm³/mol. The molecule has 0 aliphatic carbocycles. The number of aliphatic hydroxyl groups is 1. The van der Waals surface area contributed by atoms with Gasteiger partial charge in [-0.3, -0.25) is 4.79 Å². The summed E-state index contributed by atoms with van der Waals surface area (Å²) in [5.41, 5.74) is 1.44. The Balaban J connectivity index is 2.50. The van der Waals surface area contributed by atoms with E-state index in [2.05, 4.69) is 4.99 Å². The van der Waals surface area contributed by atoms with E-state index in [9.17, 15) is 14.7 Å². The minimum absolute atomic E-state index is 0.0912. The highest BCUT2D eigenvalue weighted by Gasteiger charge is 2.27. The van der Waals surface area contributed by atoms with Crippen molar-refractivity contribution in [3.05, 3.63) is 46.8 Å². The Bertz CT molecular complexity index is 599. The number of carboxylic acid groups (broad SMARTS) is 1. The Morgan fingerprint density at radius 3 is 2.72 bits per heavy atom. The van der Waals surface area contributed by atoms with Crippen LogP contribution in [0.25, 0.3) is 0 Å². The number of allylic oxidation sites excluding steroid dienone is 1. The molecule has 2 rings (SSSR count). The lowest BCUT2D eigenvalue weighted by molar-refractivity contribution is -0.133. The van der Waals surface area contributed by atoms with Crippen LogP contribution in [0.2, 0.25) is 0 Å². The van der Waals surface area contributed by atoms with Gasteiger partial charge in [0.15, 0.2) is 11.5 Å².